The lowest BCUT2D eigenvalue weighted by atomic mass is 10.1. The Labute approximate surface area is 195 Å². The van der Waals surface area contributed by atoms with Crippen LogP contribution in [0.2, 0.25) is 0 Å². The number of ether oxygens (including phenoxy) is 2. The van der Waals surface area contributed by atoms with Gasteiger partial charge in [-0.05, 0) is 42.3 Å². The third-order valence-corrected chi connectivity index (χ3v) is 4.69. The summed E-state index contributed by atoms with van der Waals surface area (Å²) in [6.45, 7) is 5.03. The highest BCUT2D eigenvalue weighted by Gasteiger charge is 2.20. The summed E-state index contributed by atoms with van der Waals surface area (Å²) < 4.78 is 11.1. The number of non-ortho nitro benzene ring substituents is 2. The molecule has 11 nitrogen and oxygen atoms in total. The molecule has 0 saturated heterocycles. The van der Waals surface area contributed by atoms with Crippen molar-refractivity contribution >= 4 is 34.6 Å². The second kappa shape index (κ2) is 11.7. The Morgan fingerprint density at radius 3 is 2.24 bits per heavy atom. The maximum Gasteiger partial charge on any atom is 0.277 e. The fraction of sp³-hybridized carbons (Fsp3) is 0.333. The number of nitrogens with one attached hydrogen (secondary N) is 2. The van der Waals surface area contributed by atoms with Gasteiger partial charge in [0.15, 0.2) is 16.6 Å². The highest BCUT2D eigenvalue weighted by Crippen LogP contribution is 2.28. The van der Waals surface area contributed by atoms with E-state index in [1.807, 2.05) is 6.07 Å². The van der Waals surface area contributed by atoms with Crippen LogP contribution in [0, 0.1) is 26.1 Å². The van der Waals surface area contributed by atoms with Crippen LogP contribution in [-0.4, -0.2) is 34.6 Å². The molecule has 0 aliphatic heterocycles. The third-order valence-electron chi connectivity index (χ3n) is 4.45. The lowest BCUT2D eigenvalue weighted by Gasteiger charge is -2.14. The van der Waals surface area contributed by atoms with Gasteiger partial charge in [-0.1, -0.05) is 19.9 Å². The molecule has 0 aliphatic carbocycles. The van der Waals surface area contributed by atoms with Crippen molar-refractivity contribution in [2.24, 2.45) is 5.92 Å². The molecule has 0 fully saturated rings. The smallest absolute Gasteiger partial charge is 0.277 e. The van der Waals surface area contributed by atoms with Gasteiger partial charge in [0.05, 0.1) is 35.2 Å². The number of thiocarbonyl (C=S) groups is 1. The van der Waals surface area contributed by atoms with Crippen LogP contribution in [0.1, 0.15) is 36.2 Å². The van der Waals surface area contributed by atoms with Gasteiger partial charge < -0.3 is 14.8 Å². The van der Waals surface area contributed by atoms with E-state index < -0.39 is 27.1 Å². The van der Waals surface area contributed by atoms with Crippen LogP contribution in [-0.2, 0) is 6.54 Å². The van der Waals surface area contributed by atoms with Gasteiger partial charge in [-0.2, -0.15) is 0 Å². The summed E-state index contributed by atoms with van der Waals surface area (Å²) in [4.78, 5) is 32.7. The van der Waals surface area contributed by atoms with Crippen LogP contribution < -0.4 is 20.1 Å². The topological polar surface area (TPSA) is 146 Å². The zero-order valence-electron chi connectivity index (χ0n) is 18.3. The molecule has 176 valence electrons. The summed E-state index contributed by atoms with van der Waals surface area (Å²) in [6, 6.07) is 8.01. The Morgan fingerprint density at radius 1 is 1.06 bits per heavy atom. The second-order valence-corrected chi connectivity index (χ2v) is 7.81. The number of nitrogens with zero attached hydrogens (tertiary/aromatic N) is 2. The summed E-state index contributed by atoms with van der Waals surface area (Å²) in [5.74, 6) is 0.872. The number of benzene rings is 2. The van der Waals surface area contributed by atoms with Crippen molar-refractivity contribution in [3.63, 3.8) is 0 Å². The second-order valence-electron chi connectivity index (χ2n) is 7.41. The summed E-state index contributed by atoms with van der Waals surface area (Å²) >= 11 is 5.10. The third kappa shape index (κ3) is 7.68. The number of methoxy groups -OCH3 is 1. The molecule has 0 aliphatic rings. The van der Waals surface area contributed by atoms with E-state index in [9.17, 15) is 25.0 Å². The number of rotatable bonds is 10. The molecule has 33 heavy (non-hydrogen) atoms. The van der Waals surface area contributed by atoms with Crippen molar-refractivity contribution in [2.75, 3.05) is 13.7 Å². The Balaban J connectivity index is 2.00. The van der Waals surface area contributed by atoms with Gasteiger partial charge in [0.25, 0.3) is 17.3 Å². The largest absolute Gasteiger partial charge is 0.493 e. The molecular formula is C21H24N4O7S. The van der Waals surface area contributed by atoms with Gasteiger partial charge in [0, 0.05) is 18.7 Å². The van der Waals surface area contributed by atoms with E-state index in [1.165, 1.54) is 7.11 Å². The van der Waals surface area contributed by atoms with Crippen LogP contribution >= 0.6 is 12.2 Å². The van der Waals surface area contributed by atoms with Crippen molar-refractivity contribution in [3.05, 3.63) is 67.8 Å². The molecule has 2 rings (SSSR count). The van der Waals surface area contributed by atoms with E-state index in [0.717, 1.165) is 30.2 Å². The maximum absolute atomic E-state index is 12.4. The van der Waals surface area contributed by atoms with E-state index >= 15 is 0 Å². The predicted octanol–water partition coefficient (Wildman–Crippen LogP) is 3.74. The average Bonchev–Trinajstić information content (AvgIpc) is 2.77. The highest BCUT2D eigenvalue weighted by molar-refractivity contribution is 7.80. The Hall–Kier alpha value is -3.80. The summed E-state index contributed by atoms with van der Waals surface area (Å²) in [7, 11) is 1.53. The van der Waals surface area contributed by atoms with Crippen molar-refractivity contribution in [3.8, 4) is 11.5 Å². The van der Waals surface area contributed by atoms with E-state index in [0.29, 0.717) is 24.0 Å². The molecule has 2 aromatic carbocycles. The van der Waals surface area contributed by atoms with Crippen molar-refractivity contribution < 1.29 is 24.1 Å². The minimum Gasteiger partial charge on any atom is -0.493 e. The molecule has 0 unspecified atom stereocenters. The number of hydrogen-bond acceptors (Lipinski definition) is 8. The minimum absolute atomic E-state index is 0.0506. The number of carbonyl (C=O) groups is 1. The first-order chi connectivity index (χ1) is 15.6. The molecule has 0 heterocycles. The van der Waals surface area contributed by atoms with Crippen LogP contribution in [0.25, 0.3) is 0 Å². The number of carbonyl (C=O) groups excluding carboxylic acids is 1. The summed E-state index contributed by atoms with van der Waals surface area (Å²) in [5, 5.41) is 27.1. The SMILES string of the molecule is COc1cc(CNC(=S)NC(=O)c2cc([N+](=O)[O-])cc([N+](=O)[O-])c2)ccc1OCCC(C)C. The molecule has 0 atom stereocenters. The van der Waals surface area contributed by atoms with Gasteiger partial charge in [-0.25, -0.2) is 0 Å². The molecule has 2 aromatic rings. The first kappa shape index (κ1) is 25.5. The first-order valence-corrected chi connectivity index (χ1v) is 10.3. The monoisotopic (exact) mass is 476 g/mol. The molecule has 0 spiro atoms. The summed E-state index contributed by atoms with van der Waals surface area (Å²) in [6.07, 6.45) is 0.911. The molecule has 2 N–H and O–H groups in total. The van der Waals surface area contributed by atoms with Crippen LogP contribution in [0.4, 0.5) is 11.4 Å². The number of nitro groups is 2. The van der Waals surface area contributed by atoms with E-state index in [4.69, 9.17) is 21.7 Å². The quantitative estimate of drug-likeness (QED) is 0.297. The fourth-order valence-corrected chi connectivity index (χ4v) is 2.85. The predicted molar refractivity (Wildman–Crippen MR) is 125 cm³/mol. The van der Waals surface area contributed by atoms with Gasteiger partial charge >= 0.3 is 0 Å². The average molecular weight is 477 g/mol. The van der Waals surface area contributed by atoms with Crippen molar-refractivity contribution in [2.45, 2.75) is 26.8 Å². The van der Waals surface area contributed by atoms with E-state index in [1.54, 1.807) is 12.1 Å². The molecular weight excluding hydrogens is 452 g/mol. The van der Waals surface area contributed by atoms with E-state index in [2.05, 4.69) is 24.5 Å². The first-order valence-electron chi connectivity index (χ1n) is 9.93. The van der Waals surface area contributed by atoms with Crippen LogP contribution in [0.3, 0.4) is 0 Å². The Kier molecular flexibility index (Phi) is 9.04. The summed E-state index contributed by atoms with van der Waals surface area (Å²) in [5.41, 5.74) is -0.609. The van der Waals surface area contributed by atoms with Gasteiger partial charge in [-0.15, -0.1) is 0 Å². The Morgan fingerprint density at radius 2 is 1.70 bits per heavy atom. The molecule has 0 saturated carbocycles. The maximum atomic E-state index is 12.4. The molecule has 12 heteroatoms. The molecule has 0 radical (unpaired) electrons. The van der Waals surface area contributed by atoms with Gasteiger partial charge in [0.2, 0.25) is 0 Å². The Bertz CT molecular complexity index is 1030. The number of nitro benzene ring substituents is 2. The minimum atomic E-state index is -0.816. The normalized spacial score (nSPS) is 10.4. The molecule has 0 bridgehead atoms. The standard InChI is InChI=1S/C21H24N4O7S/c1-13(2)6-7-32-18-5-4-14(8-19(18)31-3)12-22-21(33)23-20(26)15-9-16(24(27)28)11-17(10-15)25(29)30/h4-5,8-11,13H,6-7,12H2,1-3H3,(H2,22,23,26,33). The zero-order valence-corrected chi connectivity index (χ0v) is 19.1. The van der Waals surface area contributed by atoms with Crippen LogP contribution in [0.15, 0.2) is 36.4 Å². The van der Waals surface area contributed by atoms with Crippen molar-refractivity contribution in [1.82, 2.24) is 10.6 Å². The molecule has 1 amide bonds. The van der Waals surface area contributed by atoms with Gasteiger partial charge in [0.1, 0.15) is 0 Å². The molecule has 0 aromatic heterocycles. The van der Waals surface area contributed by atoms with Crippen molar-refractivity contribution in [1.29, 1.82) is 0 Å². The lowest BCUT2D eigenvalue weighted by Crippen LogP contribution is -2.38. The van der Waals surface area contributed by atoms with Crippen LogP contribution in [0.5, 0.6) is 11.5 Å². The number of amides is 1. The lowest BCUT2D eigenvalue weighted by molar-refractivity contribution is -0.394. The zero-order chi connectivity index (χ0) is 24.5. The van der Waals surface area contributed by atoms with Gasteiger partial charge in [-0.3, -0.25) is 30.3 Å². The fourth-order valence-electron chi connectivity index (χ4n) is 2.68. The highest BCUT2D eigenvalue weighted by atomic mass is 32.1. The van der Waals surface area contributed by atoms with E-state index in [-0.39, 0.29) is 17.2 Å². The number of hydrogen-bond donors (Lipinski definition) is 2.